The number of hydrogen-bond acceptors (Lipinski definition) is 4. The highest BCUT2D eigenvalue weighted by atomic mass is 79.9. The number of amides is 1. The van der Waals surface area contributed by atoms with Crippen LogP contribution in [-0.4, -0.2) is 24.0 Å². The Hall–Kier alpha value is -1.82. The Balaban J connectivity index is 2.06. The van der Waals surface area contributed by atoms with Crippen LogP contribution in [0.3, 0.4) is 0 Å². The first-order valence-electron chi connectivity index (χ1n) is 6.26. The van der Waals surface area contributed by atoms with Gasteiger partial charge >= 0.3 is 0 Å². The van der Waals surface area contributed by atoms with Gasteiger partial charge in [-0.2, -0.15) is 0 Å². The number of furan rings is 1. The fourth-order valence-corrected chi connectivity index (χ4v) is 2.23. The highest BCUT2D eigenvalue weighted by Gasteiger charge is 2.15. The van der Waals surface area contributed by atoms with Crippen molar-refractivity contribution < 1.29 is 9.21 Å². The molecule has 1 atom stereocenters. The summed E-state index contributed by atoms with van der Waals surface area (Å²) in [5.74, 6) is 1.23. The molecule has 0 radical (unpaired) electrons. The van der Waals surface area contributed by atoms with E-state index in [1.165, 1.54) is 0 Å². The van der Waals surface area contributed by atoms with Crippen LogP contribution >= 0.6 is 15.9 Å². The summed E-state index contributed by atoms with van der Waals surface area (Å²) in [7, 11) is 1.74. The van der Waals surface area contributed by atoms with Crippen molar-refractivity contribution in [2.45, 2.75) is 19.4 Å². The molecule has 106 valence electrons. The van der Waals surface area contributed by atoms with Gasteiger partial charge in [0.1, 0.15) is 11.6 Å². The number of halogens is 1. The zero-order valence-electron chi connectivity index (χ0n) is 11.3. The number of hydrogen-bond donors (Lipinski definition) is 2. The predicted octanol–water partition coefficient (Wildman–Crippen LogP) is 2.84. The highest BCUT2D eigenvalue weighted by molar-refractivity contribution is 9.10. The van der Waals surface area contributed by atoms with Crippen LogP contribution < -0.4 is 10.6 Å². The summed E-state index contributed by atoms with van der Waals surface area (Å²) in [5.41, 5.74) is 0.508. The predicted molar refractivity (Wildman–Crippen MR) is 80.8 cm³/mol. The van der Waals surface area contributed by atoms with E-state index in [4.69, 9.17) is 4.42 Å². The van der Waals surface area contributed by atoms with Gasteiger partial charge in [-0.05, 0) is 41.1 Å². The van der Waals surface area contributed by atoms with Crippen LogP contribution in [0.25, 0.3) is 0 Å². The van der Waals surface area contributed by atoms with Gasteiger partial charge in [-0.15, -0.1) is 0 Å². The average molecular weight is 338 g/mol. The van der Waals surface area contributed by atoms with Gasteiger partial charge in [-0.1, -0.05) is 0 Å². The van der Waals surface area contributed by atoms with E-state index in [0.29, 0.717) is 17.8 Å². The molecule has 2 rings (SSSR count). The molecule has 1 amide bonds. The Morgan fingerprint density at radius 1 is 1.55 bits per heavy atom. The molecular formula is C14H16BrN3O2. The lowest BCUT2D eigenvalue weighted by Gasteiger charge is -2.14. The molecule has 2 aromatic heterocycles. The van der Waals surface area contributed by atoms with Crippen molar-refractivity contribution in [2.24, 2.45) is 0 Å². The Morgan fingerprint density at radius 2 is 2.35 bits per heavy atom. The number of rotatable bonds is 5. The lowest BCUT2D eigenvalue weighted by Crippen LogP contribution is -2.34. The molecule has 2 aromatic rings. The molecule has 0 bridgehead atoms. The third kappa shape index (κ3) is 3.60. The molecule has 6 heteroatoms. The zero-order valence-corrected chi connectivity index (χ0v) is 12.9. The molecule has 1 unspecified atom stereocenters. The van der Waals surface area contributed by atoms with Gasteiger partial charge in [0.05, 0.1) is 11.8 Å². The van der Waals surface area contributed by atoms with Crippen LogP contribution in [-0.2, 0) is 6.42 Å². The summed E-state index contributed by atoms with van der Waals surface area (Å²) in [6.45, 7) is 1.94. The van der Waals surface area contributed by atoms with E-state index in [-0.39, 0.29) is 11.9 Å². The fourth-order valence-electron chi connectivity index (χ4n) is 1.89. The second kappa shape index (κ2) is 6.56. The van der Waals surface area contributed by atoms with E-state index >= 15 is 0 Å². The van der Waals surface area contributed by atoms with Crippen molar-refractivity contribution >= 4 is 27.7 Å². The van der Waals surface area contributed by atoms with Gasteiger partial charge in [0.25, 0.3) is 5.91 Å². The molecule has 0 saturated heterocycles. The first-order chi connectivity index (χ1) is 9.60. The van der Waals surface area contributed by atoms with Gasteiger partial charge in [-0.3, -0.25) is 4.79 Å². The Morgan fingerprint density at radius 3 is 3.00 bits per heavy atom. The molecule has 5 nitrogen and oxygen atoms in total. The molecule has 2 N–H and O–H groups in total. The third-order valence-electron chi connectivity index (χ3n) is 2.80. The van der Waals surface area contributed by atoms with Gasteiger partial charge in [0.2, 0.25) is 0 Å². The summed E-state index contributed by atoms with van der Waals surface area (Å²) >= 11 is 3.32. The topological polar surface area (TPSA) is 67.2 Å². The molecule has 0 saturated carbocycles. The van der Waals surface area contributed by atoms with E-state index < -0.39 is 0 Å². The number of pyridine rings is 1. The molecular weight excluding hydrogens is 322 g/mol. The van der Waals surface area contributed by atoms with Gasteiger partial charge < -0.3 is 15.1 Å². The molecule has 0 aromatic carbocycles. The fraction of sp³-hybridized carbons (Fsp3) is 0.286. The number of carbonyl (C=O) groups is 1. The van der Waals surface area contributed by atoms with Crippen molar-refractivity contribution in [3.05, 3.63) is 46.5 Å². The molecule has 0 aliphatic carbocycles. The van der Waals surface area contributed by atoms with Crippen LogP contribution in [0, 0.1) is 0 Å². The molecule has 2 heterocycles. The highest BCUT2D eigenvalue weighted by Crippen LogP contribution is 2.17. The minimum Gasteiger partial charge on any atom is -0.469 e. The van der Waals surface area contributed by atoms with E-state index in [1.54, 1.807) is 25.6 Å². The number of anilines is 1. The maximum absolute atomic E-state index is 12.3. The summed E-state index contributed by atoms with van der Waals surface area (Å²) in [6.07, 6.45) is 3.92. The second-order valence-corrected chi connectivity index (χ2v) is 5.37. The zero-order chi connectivity index (χ0) is 14.5. The van der Waals surface area contributed by atoms with Crippen LogP contribution in [0.5, 0.6) is 0 Å². The Labute approximate surface area is 125 Å². The summed E-state index contributed by atoms with van der Waals surface area (Å²) in [5, 5.41) is 5.85. The third-order valence-corrected chi connectivity index (χ3v) is 3.23. The van der Waals surface area contributed by atoms with Gasteiger partial charge in [0.15, 0.2) is 0 Å². The minimum absolute atomic E-state index is 0.0302. The molecule has 20 heavy (non-hydrogen) atoms. The molecule has 0 aliphatic heterocycles. The SMILES string of the molecule is CNc1ncc(Br)cc1C(=O)NC(C)Cc1ccco1. The summed E-state index contributed by atoms with van der Waals surface area (Å²) in [6, 6.07) is 5.44. The van der Waals surface area contributed by atoms with Crippen LogP contribution in [0.15, 0.2) is 39.5 Å². The first kappa shape index (κ1) is 14.6. The number of carbonyl (C=O) groups excluding carboxylic acids is 1. The van der Waals surface area contributed by atoms with E-state index in [2.05, 4.69) is 31.5 Å². The van der Waals surface area contributed by atoms with E-state index in [0.717, 1.165) is 10.2 Å². The normalized spacial score (nSPS) is 11.9. The monoisotopic (exact) mass is 337 g/mol. The minimum atomic E-state index is -0.165. The van der Waals surface area contributed by atoms with E-state index in [1.807, 2.05) is 19.1 Å². The van der Waals surface area contributed by atoms with Crippen LogP contribution in [0.1, 0.15) is 23.0 Å². The number of nitrogens with zero attached hydrogens (tertiary/aromatic N) is 1. The quantitative estimate of drug-likeness (QED) is 0.880. The first-order valence-corrected chi connectivity index (χ1v) is 7.06. The van der Waals surface area contributed by atoms with Crippen LogP contribution in [0.2, 0.25) is 0 Å². The van der Waals surface area contributed by atoms with Gasteiger partial charge in [0, 0.05) is 30.2 Å². The maximum Gasteiger partial charge on any atom is 0.255 e. The molecule has 0 aliphatic rings. The standard InChI is InChI=1S/C14H16BrN3O2/c1-9(6-11-4-3-5-20-11)18-14(19)12-7-10(15)8-17-13(12)16-2/h3-5,7-9H,6H2,1-2H3,(H,16,17)(H,18,19). The Kier molecular flexibility index (Phi) is 4.79. The van der Waals surface area contributed by atoms with Crippen molar-refractivity contribution in [1.29, 1.82) is 0 Å². The largest absolute Gasteiger partial charge is 0.469 e. The molecule has 0 spiro atoms. The van der Waals surface area contributed by atoms with Crippen molar-refractivity contribution in [1.82, 2.24) is 10.3 Å². The van der Waals surface area contributed by atoms with Gasteiger partial charge in [-0.25, -0.2) is 4.98 Å². The number of nitrogens with one attached hydrogen (secondary N) is 2. The summed E-state index contributed by atoms with van der Waals surface area (Å²) < 4.78 is 6.04. The lowest BCUT2D eigenvalue weighted by atomic mass is 10.1. The second-order valence-electron chi connectivity index (χ2n) is 4.46. The smallest absolute Gasteiger partial charge is 0.255 e. The van der Waals surface area contributed by atoms with E-state index in [9.17, 15) is 4.79 Å². The van der Waals surface area contributed by atoms with Crippen molar-refractivity contribution in [3.8, 4) is 0 Å². The Bertz CT molecular complexity index is 584. The van der Waals surface area contributed by atoms with Crippen molar-refractivity contribution in [3.63, 3.8) is 0 Å². The lowest BCUT2D eigenvalue weighted by molar-refractivity contribution is 0.0939. The summed E-state index contributed by atoms with van der Waals surface area (Å²) in [4.78, 5) is 16.4. The molecule has 0 fully saturated rings. The maximum atomic E-state index is 12.3. The van der Waals surface area contributed by atoms with Crippen molar-refractivity contribution in [2.75, 3.05) is 12.4 Å². The number of aromatic nitrogens is 1. The average Bonchev–Trinajstić information content (AvgIpc) is 2.91. The van der Waals surface area contributed by atoms with Crippen LogP contribution in [0.4, 0.5) is 5.82 Å².